The van der Waals surface area contributed by atoms with Crippen LogP contribution in [-0.4, -0.2) is 46.9 Å². The van der Waals surface area contributed by atoms with Crippen molar-refractivity contribution in [3.8, 4) is 0 Å². The number of carbonyl (C=O) groups excluding carboxylic acids is 1. The van der Waals surface area contributed by atoms with E-state index in [1.54, 1.807) is 12.4 Å². The molecule has 1 aliphatic heterocycles. The van der Waals surface area contributed by atoms with Gasteiger partial charge in [-0.15, -0.1) is 0 Å². The van der Waals surface area contributed by atoms with E-state index in [4.69, 9.17) is 0 Å². The number of pyridine rings is 1. The number of hydrogen-bond donors (Lipinski definition) is 0. The molecule has 5 heteroatoms. The van der Waals surface area contributed by atoms with E-state index in [1.807, 2.05) is 11.0 Å². The van der Waals surface area contributed by atoms with Crippen molar-refractivity contribution in [3.63, 3.8) is 0 Å². The summed E-state index contributed by atoms with van der Waals surface area (Å²) in [7, 11) is 0. The van der Waals surface area contributed by atoms with Gasteiger partial charge in [-0.1, -0.05) is 48.5 Å². The SMILES string of the molecule is O=C(c1cncc(Br)c1)N1CCN(C2c3ccccc3CCc3ccccc32)CC1. The van der Waals surface area contributed by atoms with E-state index in [2.05, 4.69) is 74.3 Å². The highest BCUT2D eigenvalue weighted by atomic mass is 79.9. The van der Waals surface area contributed by atoms with Crippen LogP contribution in [0.2, 0.25) is 0 Å². The first kappa shape index (κ1) is 19.5. The van der Waals surface area contributed by atoms with Crippen LogP contribution in [0.5, 0.6) is 0 Å². The first-order valence-electron chi connectivity index (χ1n) is 10.5. The Bertz CT molecular complexity index is 1030. The summed E-state index contributed by atoms with van der Waals surface area (Å²) in [6, 6.07) is 19.8. The highest BCUT2D eigenvalue weighted by Gasteiger charge is 2.32. The summed E-state index contributed by atoms with van der Waals surface area (Å²) in [5, 5.41) is 0. The predicted octanol–water partition coefficient (Wildman–Crippen LogP) is 4.49. The Balaban J connectivity index is 1.40. The van der Waals surface area contributed by atoms with Crippen LogP contribution in [0.15, 0.2) is 71.5 Å². The van der Waals surface area contributed by atoms with Crippen LogP contribution >= 0.6 is 15.9 Å². The van der Waals surface area contributed by atoms with Crippen molar-refractivity contribution in [3.05, 3.63) is 99.3 Å². The molecule has 1 amide bonds. The highest BCUT2D eigenvalue weighted by Crippen LogP contribution is 2.37. The number of aromatic nitrogens is 1. The molecular formula is C25H24BrN3O. The van der Waals surface area contributed by atoms with Gasteiger partial charge < -0.3 is 4.90 Å². The van der Waals surface area contributed by atoms with Gasteiger partial charge in [0, 0.05) is 43.0 Å². The van der Waals surface area contributed by atoms with E-state index in [1.165, 1.54) is 22.3 Å². The molecule has 0 unspecified atom stereocenters. The molecular weight excluding hydrogens is 438 g/mol. The summed E-state index contributed by atoms with van der Waals surface area (Å²) in [6.07, 6.45) is 5.52. The number of halogens is 1. The first-order chi connectivity index (χ1) is 14.7. The fraction of sp³-hybridized carbons (Fsp3) is 0.280. The number of benzene rings is 2. The minimum atomic E-state index is 0.0603. The van der Waals surface area contributed by atoms with Crippen LogP contribution in [0.1, 0.15) is 38.7 Å². The topological polar surface area (TPSA) is 36.4 Å². The average molecular weight is 462 g/mol. The van der Waals surface area contributed by atoms with Gasteiger partial charge in [0.05, 0.1) is 11.6 Å². The maximum atomic E-state index is 12.9. The number of fused-ring (bicyclic) bond motifs is 2. The number of rotatable bonds is 2. The molecule has 1 aromatic heterocycles. The minimum Gasteiger partial charge on any atom is -0.336 e. The molecule has 1 fully saturated rings. The van der Waals surface area contributed by atoms with Crippen molar-refractivity contribution in [2.45, 2.75) is 18.9 Å². The van der Waals surface area contributed by atoms with Gasteiger partial charge in [0.15, 0.2) is 0 Å². The van der Waals surface area contributed by atoms with Gasteiger partial charge in [-0.3, -0.25) is 14.7 Å². The zero-order valence-corrected chi connectivity index (χ0v) is 18.4. The van der Waals surface area contributed by atoms with E-state index in [9.17, 15) is 4.79 Å². The molecule has 1 aliphatic carbocycles. The Morgan fingerprint density at radius 1 is 0.867 bits per heavy atom. The third kappa shape index (κ3) is 3.68. The molecule has 4 nitrogen and oxygen atoms in total. The molecule has 1 saturated heterocycles. The van der Waals surface area contributed by atoms with Crippen LogP contribution in [0.4, 0.5) is 0 Å². The van der Waals surface area contributed by atoms with Gasteiger partial charge in [-0.25, -0.2) is 0 Å². The Kier molecular flexibility index (Phi) is 5.40. The average Bonchev–Trinajstić information content (AvgIpc) is 2.96. The molecule has 0 bridgehead atoms. The molecule has 0 saturated carbocycles. The van der Waals surface area contributed by atoms with Crippen LogP contribution in [0.3, 0.4) is 0 Å². The minimum absolute atomic E-state index is 0.0603. The number of carbonyl (C=O) groups is 1. The van der Waals surface area contributed by atoms with Gasteiger partial charge in [-0.2, -0.15) is 0 Å². The Hall–Kier alpha value is -2.50. The number of nitrogens with zero attached hydrogens (tertiary/aromatic N) is 3. The quantitative estimate of drug-likeness (QED) is 0.563. The first-order valence-corrected chi connectivity index (χ1v) is 11.3. The molecule has 2 aliphatic rings. The van der Waals surface area contributed by atoms with E-state index in [-0.39, 0.29) is 11.9 Å². The lowest BCUT2D eigenvalue weighted by Gasteiger charge is -2.40. The normalized spacial score (nSPS) is 17.2. The van der Waals surface area contributed by atoms with E-state index in [0.717, 1.165) is 43.5 Å². The van der Waals surface area contributed by atoms with E-state index < -0.39 is 0 Å². The van der Waals surface area contributed by atoms with Crippen LogP contribution in [0, 0.1) is 0 Å². The summed E-state index contributed by atoms with van der Waals surface area (Å²) in [6.45, 7) is 3.18. The summed E-state index contributed by atoms with van der Waals surface area (Å²) < 4.78 is 0.832. The van der Waals surface area contributed by atoms with Crippen molar-refractivity contribution in [1.82, 2.24) is 14.8 Å². The zero-order valence-electron chi connectivity index (χ0n) is 16.8. The Morgan fingerprint density at radius 3 is 2.07 bits per heavy atom. The summed E-state index contributed by atoms with van der Waals surface area (Å²) in [5.74, 6) is 0.0603. The van der Waals surface area contributed by atoms with Gasteiger partial charge in [0.25, 0.3) is 5.91 Å². The summed E-state index contributed by atoms with van der Waals surface area (Å²) in [4.78, 5) is 21.6. The number of aryl methyl sites for hydroxylation is 2. The molecule has 2 heterocycles. The Morgan fingerprint density at radius 2 is 1.47 bits per heavy atom. The maximum Gasteiger partial charge on any atom is 0.255 e. The maximum absolute atomic E-state index is 12.9. The lowest BCUT2D eigenvalue weighted by atomic mass is 9.92. The second-order valence-corrected chi connectivity index (χ2v) is 8.94. The Labute approximate surface area is 185 Å². The van der Waals surface area contributed by atoms with Gasteiger partial charge in [-0.05, 0) is 57.1 Å². The molecule has 0 atom stereocenters. The largest absolute Gasteiger partial charge is 0.336 e. The van der Waals surface area contributed by atoms with Crippen molar-refractivity contribution in [2.24, 2.45) is 0 Å². The second-order valence-electron chi connectivity index (χ2n) is 8.02. The van der Waals surface area contributed by atoms with Gasteiger partial charge in [0.1, 0.15) is 0 Å². The molecule has 2 aromatic carbocycles. The van der Waals surface area contributed by atoms with Gasteiger partial charge >= 0.3 is 0 Å². The van der Waals surface area contributed by atoms with Crippen LogP contribution in [-0.2, 0) is 12.8 Å². The monoisotopic (exact) mass is 461 g/mol. The van der Waals surface area contributed by atoms with Crippen LogP contribution < -0.4 is 0 Å². The molecule has 3 aromatic rings. The number of amides is 1. The predicted molar refractivity (Wildman–Crippen MR) is 122 cm³/mol. The molecule has 152 valence electrons. The van der Waals surface area contributed by atoms with Crippen LogP contribution in [0.25, 0.3) is 0 Å². The fourth-order valence-electron chi connectivity index (χ4n) is 4.78. The molecule has 0 radical (unpaired) electrons. The number of piperazine rings is 1. The second kappa shape index (κ2) is 8.32. The molecule has 5 rings (SSSR count). The van der Waals surface area contributed by atoms with Crippen molar-refractivity contribution < 1.29 is 4.79 Å². The van der Waals surface area contributed by atoms with Gasteiger partial charge in [0.2, 0.25) is 0 Å². The van der Waals surface area contributed by atoms with Crippen molar-refractivity contribution >= 4 is 21.8 Å². The third-order valence-corrected chi connectivity index (χ3v) is 6.72. The summed E-state index contributed by atoms with van der Waals surface area (Å²) >= 11 is 3.41. The third-order valence-electron chi connectivity index (χ3n) is 6.28. The number of hydrogen-bond acceptors (Lipinski definition) is 3. The molecule has 30 heavy (non-hydrogen) atoms. The van der Waals surface area contributed by atoms with Crippen molar-refractivity contribution in [1.29, 1.82) is 0 Å². The fourth-order valence-corrected chi connectivity index (χ4v) is 5.15. The zero-order chi connectivity index (χ0) is 20.5. The van der Waals surface area contributed by atoms with Crippen molar-refractivity contribution in [2.75, 3.05) is 26.2 Å². The molecule has 0 spiro atoms. The molecule has 0 N–H and O–H groups in total. The summed E-state index contributed by atoms with van der Waals surface area (Å²) in [5.41, 5.74) is 6.36. The van der Waals surface area contributed by atoms with E-state index >= 15 is 0 Å². The lowest BCUT2D eigenvalue weighted by molar-refractivity contribution is 0.0596. The standard InChI is InChI=1S/C25H24BrN3O/c26-21-15-20(16-27-17-21)25(30)29-13-11-28(12-14-29)24-22-7-3-1-5-18(22)9-10-19-6-2-4-8-23(19)24/h1-8,15-17,24H,9-14H2. The highest BCUT2D eigenvalue weighted by molar-refractivity contribution is 9.10. The van der Waals surface area contributed by atoms with E-state index in [0.29, 0.717) is 5.56 Å². The lowest BCUT2D eigenvalue weighted by Crippen LogP contribution is -2.50. The smallest absolute Gasteiger partial charge is 0.255 e.